The van der Waals surface area contributed by atoms with Crippen LogP contribution in [0.5, 0.6) is 11.5 Å². The van der Waals surface area contributed by atoms with E-state index in [1.165, 1.54) is 4.88 Å². The van der Waals surface area contributed by atoms with Crippen molar-refractivity contribution in [3.63, 3.8) is 0 Å². The zero-order valence-electron chi connectivity index (χ0n) is 13.9. The molecule has 0 aliphatic carbocycles. The number of fused-ring (bicyclic) bond motifs is 1. The smallest absolute Gasteiger partial charge is 0.165 e. The van der Waals surface area contributed by atoms with Crippen LogP contribution < -0.4 is 15.2 Å². The summed E-state index contributed by atoms with van der Waals surface area (Å²) in [6, 6.07) is 3.95. The monoisotopic (exact) mass is 407 g/mol. The van der Waals surface area contributed by atoms with Crippen LogP contribution in [-0.4, -0.2) is 24.2 Å². The summed E-state index contributed by atoms with van der Waals surface area (Å²) in [5.74, 6) is 2.45. The summed E-state index contributed by atoms with van der Waals surface area (Å²) >= 11 is 5.19. The van der Waals surface area contributed by atoms with Gasteiger partial charge in [-0.3, -0.25) is 0 Å². The number of anilines is 1. The molecule has 0 aliphatic rings. The van der Waals surface area contributed by atoms with Crippen LogP contribution in [0.2, 0.25) is 0 Å². The molecular weight excluding hydrogens is 390 g/mol. The van der Waals surface area contributed by atoms with Crippen LogP contribution in [0.25, 0.3) is 10.9 Å². The Labute approximate surface area is 153 Å². The molecule has 0 saturated carbocycles. The summed E-state index contributed by atoms with van der Waals surface area (Å²) in [7, 11) is 3.26. The minimum atomic E-state index is 0.0578. The highest BCUT2D eigenvalue weighted by Crippen LogP contribution is 2.45. The summed E-state index contributed by atoms with van der Waals surface area (Å²) in [6.45, 7) is 3.94. The van der Waals surface area contributed by atoms with Crippen LogP contribution in [0, 0.1) is 6.92 Å². The number of halogens is 1. The van der Waals surface area contributed by atoms with Crippen molar-refractivity contribution in [1.29, 1.82) is 0 Å². The highest BCUT2D eigenvalue weighted by molar-refractivity contribution is 9.10. The number of rotatable bonds is 4. The van der Waals surface area contributed by atoms with Gasteiger partial charge in [0, 0.05) is 32.3 Å². The van der Waals surface area contributed by atoms with Crippen LogP contribution in [0.4, 0.5) is 5.82 Å². The van der Waals surface area contributed by atoms with Gasteiger partial charge in [-0.25, -0.2) is 9.97 Å². The molecule has 0 spiro atoms. The van der Waals surface area contributed by atoms with Crippen LogP contribution in [-0.2, 0) is 0 Å². The Kier molecular flexibility index (Phi) is 4.64. The van der Waals surface area contributed by atoms with Gasteiger partial charge in [-0.2, -0.15) is 0 Å². The molecule has 1 atom stereocenters. The number of nitrogens with zero attached hydrogens (tertiary/aromatic N) is 2. The largest absolute Gasteiger partial charge is 0.493 e. The molecule has 3 rings (SSSR count). The summed E-state index contributed by atoms with van der Waals surface area (Å²) in [6.07, 6.45) is 0. The molecule has 0 bridgehead atoms. The third-order valence-corrected chi connectivity index (χ3v) is 5.83. The Bertz CT molecular complexity index is 910. The summed E-state index contributed by atoms with van der Waals surface area (Å²) in [5, 5.41) is 2.88. The minimum Gasteiger partial charge on any atom is -0.493 e. The average Bonchev–Trinajstić information content (AvgIpc) is 2.98. The van der Waals surface area contributed by atoms with Crippen molar-refractivity contribution in [1.82, 2.24) is 9.97 Å². The van der Waals surface area contributed by atoms with Gasteiger partial charge in [0.2, 0.25) is 0 Å². The summed E-state index contributed by atoms with van der Waals surface area (Å²) < 4.78 is 12.2. The maximum absolute atomic E-state index is 6.24. The molecule has 7 heteroatoms. The fourth-order valence-corrected chi connectivity index (χ4v) is 4.42. The van der Waals surface area contributed by atoms with Gasteiger partial charge in [-0.15, -0.1) is 11.3 Å². The van der Waals surface area contributed by atoms with E-state index in [1.807, 2.05) is 13.0 Å². The highest BCUT2D eigenvalue weighted by atomic mass is 79.9. The molecule has 0 amide bonds. The standard InChI is InChI=1S/C17H18BrN3O2S/c1-8(13-5-10(18)7-24-13)14-15-11(20-9(2)21-17(15)19)6-12(22-3)16(14)23-4/h5-8H,1-4H3,(H2,19,20,21). The van der Waals surface area contributed by atoms with Crippen molar-refractivity contribution >= 4 is 44.0 Å². The molecule has 24 heavy (non-hydrogen) atoms. The lowest BCUT2D eigenvalue weighted by atomic mass is 9.93. The molecule has 126 valence electrons. The van der Waals surface area contributed by atoms with Crippen LogP contribution in [0.3, 0.4) is 0 Å². The molecule has 5 nitrogen and oxygen atoms in total. The predicted octanol–water partition coefficient (Wildman–Crippen LogP) is 4.51. The molecule has 3 aromatic rings. The number of nitrogen functional groups attached to an aromatic ring is 1. The van der Waals surface area contributed by atoms with Crippen molar-refractivity contribution in [2.45, 2.75) is 19.8 Å². The number of ether oxygens (including phenoxy) is 2. The highest BCUT2D eigenvalue weighted by Gasteiger charge is 2.25. The predicted molar refractivity (Wildman–Crippen MR) is 101 cm³/mol. The van der Waals surface area contributed by atoms with E-state index in [2.05, 4.69) is 44.3 Å². The number of thiophene rings is 1. The van der Waals surface area contributed by atoms with Gasteiger partial charge < -0.3 is 15.2 Å². The molecule has 2 N–H and O–H groups in total. The van der Waals surface area contributed by atoms with E-state index in [0.29, 0.717) is 23.1 Å². The van der Waals surface area contributed by atoms with E-state index in [-0.39, 0.29) is 5.92 Å². The summed E-state index contributed by atoms with van der Waals surface area (Å²) in [4.78, 5) is 10.1. The van der Waals surface area contributed by atoms with Crippen molar-refractivity contribution in [3.8, 4) is 11.5 Å². The zero-order valence-corrected chi connectivity index (χ0v) is 16.3. The number of benzene rings is 1. The van der Waals surface area contributed by atoms with Gasteiger partial charge >= 0.3 is 0 Å². The van der Waals surface area contributed by atoms with E-state index in [9.17, 15) is 0 Å². The van der Waals surface area contributed by atoms with E-state index in [1.54, 1.807) is 25.6 Å². The minimum absolute atomic E-state index is 0.0578. The molecule has 2 heterocycles. The van der Waals surface area contributed by atoms with Gasteiger partial charge in [0.1, 0.15) is 11.6 Å². The number of aromatic nitrogens is 2. The zero-order chi connectivity index (χ0) is 17.4. The number of methoxy groups -OCH3 is 2. The second-order valence-electron chi connectivity index (χ2n) is 5.46. The van der Waals surface area contributed by atoms with E-state index < -0.39 is 0 Å². The number of hydrogen-bond acceptors (Lipinski definition) is 6. The molecule has 0 saturated heterocycles. The maximum atomic E-state index is 6.24. The first kappa shape index (κ1) is 17.0. The van der Waals surface area contributed by atoms with E-state index in [4.69, 9.17) is 15.2 Å². The maximum Gasteiger partial charge on any atom is 0.165 e. The molecule has 0 aliphatic heterocycles. The Balaban J connectivity index is 2.38. The fraction of sp³-hybridized carbons (Fsp3) is 0.294. The number of aryl methyl sites for hydroxylation is 1. The SMILES string of the molecule is COc1cc2nc(C)nc(N)c2c(C(C)c2cc(Br)cs2)c1OC. The third-order valence-electron chi connectivity index (χ3n) is 3.95. The first-order valence-electron chi connectivity index (χ1n) is 7.38. The van der Waals surface area contributed by atoms with Crippen molar-refractivity contribution in [3.05, 3.63) is 38.3 Å². The van der Waals surface area contributed by atoms with Crippen LogP contribution in [0.1, 0.15) is 29.1 Å². The number of hydrogen-bond donors (Lipinski definition) is 1. The van der Waals surface area contributed by atoms with Gasteiger partial charge in [0.15, 0.2) is 11.5 Å². The molecule has 0 radical (unpaired) electrons. The fourth-order valence-electron chi connectivity index (χ4n) is 2.91. The molecule has 1 aromatic carbocycles. The molecular formula is C17H18BrN3O2S. The summed E-state index contributed by atoms with van der Waals surface area (Å²) in [5.41, 5.74) is 7.94. The Morgan fingerprint density at radius 1 is 1.21 bits per heavy atom. The lowest BCUT2D eigenvalue weighted by molar-refractivity contribution is 0.352. The van der Waals surface area contributed by atoms with E-state index in [0.717, 1.165) is 20.9 Å². The Morgan fingerprint density at radius 3 is 2.54 bits per heavy atom. The molecule has 1 unspecified atom stereocenters. The first-order chi connectivity index (χ1) is 11.5. The normalized spacial score (nSPS) is 12.4. The molecule has 0 fully saturated rings. The van der Waals surface area contributed by atoms with E-state index >= 15 is 0 Å². The van der Waals surface area contributed by atoms with Gasteiger partial charge in [0.05, 0.1) is 25.1 Å². The second-order valence-corrected chi connectivity index (χ2v) is 7.32. The second kappa shape index (κ2) is 6.57. The van der Waals surface area contributed by atoms with Crippen LogP contribution in [0.15, 0.2) is 22.0 Å². The topological polar surface area (TPSA) is 70.3 Å². The molecule has 2 aromatic heterocycles. The van der Waals surface area contributed by atoms with Crippen molar-refractivity contribution in [2.75, 3.05) is 20.0 Å². The number of nitrogens with two attached hydrogens (primary N) is 1. The lowest BCUT2D eigenvalue weighted by Gasteiger charge is -2.20. The van der Waals surface area contributed by atoms with Gasteiger partial charge in [0.25, 0.3) is 0 Å². The Morgan fingerprint density at radius 2 is 1.96 bits per heavy atom. The van der Waals surface area contributed by atoms with Crippen molar-refractivity contribution < 1.29 is 9.47 Å². The first-order valence-corrected chi connectivity index (χ1v) is 9.06. The van der Waals surface area contributed by atoms with Crippen molar-refractivity contribution in [2.24, 2.45) is 0 Å². The van der Waals surface area contributed by atoms with Gasteiger partial charge in [-0.05, 0) is 28.9 Å². The van der Waals surface area contributed by atoms with Gasteiger partial charge in [-0.1, -0.05) is 6.92 Å². The third kappa shape index (κ3) is 2.82. The Hall–Kier alpha value is -1.86. The lowest BCUT2D eigenvalue weighted by Crippen LogP contribution is -2.06. The quantitative estimate of drug-likeness (QED) is 0.688. The average molecular weight is 408 g/mol. The van der Waals surface area contributed by atoms with Crippen LogP contribution >= 0.6 is 27.3 Å².